The molecule has 2 aromatic carbocycles. The average Bonchev–Trinajstić information content (AvgIpc) is 3.16. The summed E-state index contributed by atoms with van der Waals surface area (Å²) >= 11 is 6.06. The fraction of sp³-hybridized carbons (Fsp3) is 0.364. The smallest absolute Gasteiger partial charge is 0.322 e. The largest absolute Gasteiger partial charge is 0.497 e. The average molecular weight is 414 g/mol. The first-order valence-electron chi connectivity index (χ1n) is 9.85. The Labute approximate surface area is 175 Å². The van der Waals surface area contributed by atoms with Crippen LogP contribution < -0.4 is 15.0 Å². The summed E-state index contributed by atoms with van der Waals surface area (Å²) in [6, 6.07) is 12.6. The van der Waals surface area contributed by atoms with Gasteiger partial charge in [-0.15, -0.1) is 0 Å². The van der Waals surface area contributed by atoms with Crippen LogP contribution in [0.15, 0.2) is 42.5 Å². The molecule has 1 atom stereocenters. The molecule has 4 rings (SSSR count). The van der Waals surface area contributed by atoms with Gasteiger partial charge >= 0.3 is 6.03 Å². The van der Waals surface area contributed by atoms with Crippen LogP contribution in [0.4, 0.5) is 10.5 Å². The third kappa shape index (κ3) is 4.17. The van der Waals surface area contributed by atoms with E-state index in [4.69, 9.17) is 16.3 Å². The number of piperidine rings is 1. The molecule has 29 heavy (non-hydrogen) atoms. The van der Waals surface area contributed by atoms with Crippen molar-refractivity contribution in [3.8, 4) is 5.75 Å². The van der Waals surface area contributed by atoms with Gasteiger partial charge in [-0.05, 0) is 61.2 Å². The highest BCUT2D eigenvalue weighted by Gasteiger charge is 2.29. The highest BCUT2D eigenvalue weighted by atomic mass is 35.5. The van der Waals surface area contributed by atoms with Crippen LogP contribution in [0.5, 0.6) is 5.75 Å². The predicted octanol–water partition coefficient (Wildman–Crippen LogP) is 3.73. The molecule has 6 nitrogen and oxygen atoms in total. The van der Waals surface area contributed by atoms with Crippen molar-refractivity contribution in [2.45, 2.75) is 25.3 Å². The number of amides is 3. The van der Waals surface area contributed by atoms with Gasteiger partial charge < -0.3 is 15.0 Å². The summed E-state index contributed by atoms with van der Waals surface area (Å²) < 4.78 is 5.22. The number of nitrogens with zero attached hydrogens (tertiary/aromatic N) is 2. The zero-order chi connectivity index (χ0) is 20.4. The van der Waals surface area contributed by atoms with Crippen LogP contribution in [-0.2, 0) is 6.42 Å². The number of anilines is 1. The van der Waals surface area contributed by atoms with E-state index in [1.54, 1.807) is 35.1 Å². The Bertz CT molecular complexity index is 933. The number of benzene rings is 2. The van der Waals surface area contributed by atoms with Crippen molar-refractivity contribution < 1.29 is 14.3 Å². The first kappa shape index (κ1) is 19.6. The minimum Gasteiger partial charge on any atom is -0.497 e. The molecule has 2 heterocycles. The van der Waals surface area contributed by atoms with E-state index in [9.17, 15) is 9.59 Å². The molecule has 152 valence electrons. The molecule has 0 saturated carbocycles. The summed E-state index contributed by atoms with van der Waals surface area (Å²) in [6.07, 6.45) is 2.51. The highest BCUT2D eigenvalue weighted by Crippen LogP contribution is 2.30. The van der Waals surface area contributed by atoms with E-state index in [-0.39, 0.29) is 18.0 Å². The number of methoxy groups -OCH3 is 1. The zero-order valence-corrected chi connectivity index (χ0v) is 17.1. The summed E-state index contributed by atoms with van der Waals surface area (Å²) in [6.45, 7) is 1.83. The summed E-state index contributed by atoms with van der Waals surface area (Å²) in [5.41, 5.74) is 2.60. The molecule has 3 amide bonds. The monoisotopic (exact) mass is 413 g/mol. The number of hydrogen-bond donors (Lipinski definition) is 1. The maximum Gasteiger partial charge on any atom is 0.322 e. The second-order valence-electron chi connectivity index (χ2n) is 7.45. The maximum atomic E-state index is 12.9. The lowest BCUT2D eigenvalue weighted by Gasteiger charge is -2.34. The van der Waals surface area contributed by atoms with Gasteiger partial charge in [-0.3, -0.25) is 9.69 Å². The molecule has 1 fully saturated rings. The van der Waals surface area contributed by atoms with E-state index in [0.717, 1.165) is 30.5 Å². The second kappa shape index (κ2) is 8.33. The summed E-state index contributed by atoms with van der Waals surface area (Å²) in [5.74, 6) is 0.620. The SMILES string of the molecule is COc1cccc(C(=O)N2CCCC(NC(=O)N3CCc4cc(Cl)ccc43)C2)c1. The summed E-state index contributed by atoms with van der Waals surface area (Å²) in [7, 11) is 1.58. The molecule has 0 spiro atoms. The lowest BCUT2D eigenvalue weighted by molar-refractivity contribution is 0.0698. The summed E-state index contributed by atoms with van der Waals surface area (Å²) in [5, 5.41) is 3.80. The fourth-order valence-electron chi connectivity index (χ4n) is 4.05. The molecule has 0 bridgehead atoms. The Balaban J connectivity index is 1.40. The number of carbonyl (C=O) groups excluding carboxylic acids is 2. The van der Waals surface area contributed by atoms with Crippen LogP contribution in [0.2, 0.25) is 5.02 Å². The number of carbonyl (C=O) groups is 2. The van der Waals surface area contributed by atoms with Gasteiger partial charge in [0.05, 0.1) is 7.11 Å². The number of urea groups is 1. The number of nitrogens with one attached hydrogen (secondary N) is 1. The van der Waals surface area contributed by atoms with Crippen LogP contribution in [-0.4, -0.2) is 49.6 Å². The van der Waals surface area contributed by atoms with Gasteiger partial charge in [0.25, 0.3) is 5.91 Å². The van der Waals surface area contributed by atoms with Crippen molar-refractivity contribution in [3.05, 3.63) is 58.6 Å². The number of halogens is 1. The number of hydrogen-bond acceptors (Lipinski definition) is 3. The van der Waals surface area contributed by atoms with Crippen LogP contribution in [0.3, 0.4) is 0 Å². The topological polar surface area (TPSA) is 61.9 Å². The molecular formula is C22H24ClN3O3. The summed E-state index contributed by atoms with van der Waals surface area (Å²) in [4.78, 5) is 29.3. The van der Waals surface area contributed by atoms with E-state index in [0.29, 0.717) is 36.0 Å². The van der Waals surface area contributed by atoms with Crippen molar-refractivity contribution in [1.82, 2.24) is 10.2 Å². The van der Waals surface area contributed by atoms with E-state index < -0.39 is 0 Å². The van der Waals surface area contributed by atoms with E-state index in [1.165, 1.54) is 0 Å². The van der Waals surface area contributed by atoms with E-state index in [1.807, 2.05) is 24.3 Å². The standard InChI is InChI=1S/C22H24ClN3O3/c1-29-19-6-2-4-16(13-19)21(27)25-10-3-5-18(14-25)24-22(28)26-11-9-15-12-17(23)7-8-20(15)26/h2,4,6-8,12-13,18H,3,5,9-11,14H2,1H3,(H,24,28). The van der Waals surface area contributed by atoms with Gasteiger partial charge in [0, 0.05) is 41.9 Å². The second-order valence-corrected chi connectivity index (χ2v) is 7.88. The lowest BCUT2D eigenvalue weighted by atomic mass is 10.0. The zero-order valence-electron chi connectivity index (χ0n) is 16.4. The third-order valence-electron chi connectivity index (χ3n) is 5.54. The Kier molecular flexibility index (Phi) is 5.62. The molecule has 1 unspecified atom stereocenters. The van der Waals surface area contributed by atoms with Gasteiger partial charge in [0.2, 0.25) is 0 Å². The molecule has 1 N–H and O–H groups in total. The van der Waals surface area contributed by atoms with Crippen LogP contribution in [0.25, 0.3) is 0 Å². The van der Waals surface area contributed by atoms with Crippen molar-refractivity contribution in [1.29, 1.82) is 0 Å². The normalized spacial score (nSPS) is 18.3. The van der Waals surface area contributed by atoms with E-state index >= 15 is 0 Å². The molecular weight excluding hydrogens is 390 g/mol. The van der Waals surface area contributed by atoms with Crippen LogP contribution in [0, 0.1) is 0 Å². The highest BCUT2D eigenvalue weighted by molar-refractivity contribution is 6.30. The van der Waals surface area contributed by atoms with Crippen LogP contribution >= 0.6 is 11.6 Å². The minimum atomic E-state index is -0.119. The van der Waals surface area contributed by atoms with Crippen molar-refractivity contribution in [3.63, 3.8) is 0 Å². The van der Waals surface area contributed by atoms with Crippen LogP contribution in [0.1, 0.15) is 28.8 Å². The Morgan fingerprint density at radius 2 is 2.03 bits per heavy atom. The molecule has 2 aliphatic rings. The van der Waals surface area contributed by atoms with Gasteiger partial charge in [0.15, 0.2) is 0 Å². The number of rotatable bonds is 3. The molecule has 0 radical (unpaired) electrons. The molecule has 0 aliphatic carbocycles. The molecule has 2 aliphatic heterocycles. The predicted molar refractivity (Wildman–Crippen MR) is 113 cm³/mol. The minimum absolute atomic E-state index is 0.0380. The van der Waals surface area contributed by atoms with Gasteiger partial charge in [-0.25, -0.2) is 4.79 Å². The molecule has 0 aromatic heterocycles. The first-order chi connectivity index (χ1) is 14.0. The van der Waals surface area contributed by atoms with Crippen molar-refractivity contribution in [2.24, 2.45) is 0 Å². The quantitative estimate of drug-likeness (QED) is 0.834. The van der Waals surface area contributed by atoms with Gasteiger partial charge in [0.1, 0.15) is 5.75 Å². The number of fused-ring (bicyclic) bond motifs is 1. The Morgan fingerprint density at radius 3 is 2.86 bits per heavy atom. The van der Waals surface area contributed by atoms with E-state index in [2.05, 4.69) is 5.32 Å². The lowest BCUT2D eigenvalue weighted by Crippen LogP contribution is -2.52. The first-order valence-corrected chi connectivity index (χ1v) is 10.2. The third-order valence-corrected chi connectivity index (χ3v) is 5.77. The Hall–Kier alpha value is -2.73. The maximum absolute atomic E-state index is 12.9. The molecule has 1 saturated heterocycles. The number of ether oxygens (including phenoxy) is 1. The molecule has 2 aromatic rings. The van der Waals surface area contributed by atoms with Gasteiger partial charge in [-0.1, -0.05) is 17.7 Å². The fourth-order valence-corrected chi connectivity index (χ4v) is 4.25. The number of likely N-dealkylation sites (tertiary alicyclic amines) is 1. The van der Waals surface area contributed by atoms with Crippen molar-refractivity contribution in [2.75, 3.05) is 31.6 Å². The molecule has 7 heteroatoms. The van der Waals surface area contributed by atoms with Crippen molar-refractivity contribution >= 4 is 29.2 Å². The van der Waals surface area contributed by atoms with Gasteiger partial charge in [-0.2, -0.15) is 0 Å². The Morgan fingerprint density at radius 1 is 1.17 bits per heavy atom.